The zero-order valence-corrected chi connectivity index (χ0v) is 12.3. The minimum absolute atomic E-state index is 0.157. The van der Waals surface area contributed by atoms with Crippen molar-refractivity contribution < 1.29 is 14.9 Å². The van der Waals surface area contributed by atoms with E-state index >= 15 is 0 Å². The average molecular weight is 278 g/mol. The molecule has 100 valence electrons. The van der Waals surface area contributed by atoms with Crippen LogP contribution in [0, 0.1) is 0 Å². The van der Waals surface area contributed by atoms with Gasteiger partial charge in [-0.05, 0) is 44.8 Å². The topological polar surface area (TPSA) is 49.7 Å². The molecule has 0 saturated carbocycles. The standard InChI is InChI=1S/C12H22O3S2/c1-12(2,3)15-8-10(14)9(13)7-11-16-5-4-6-17-11/h7,9-10,13-14H,4-6,8H2,1-3H3/t9-,10-/m1/s1. The van der Waals surface area contributed by atoms with E-state index in [1.54, 1.807) is 29.6 Å². The number of hydrogen-bond acceptors (Lipinski definition) is 5. The van der Waals surface area contributed by atoms with Crippen LogP contribution in [-0.2, 0) is 4.74 Å². The van der Waals surface area contributed by atoms with Gasteiger partial charge in [0.2, 0.25) is 0 Å². The molecule has 0 aromatic carbocycles. The van der Waals surface area contributed by atoms with Gasteiger partial charge in [-0.25, -0.2) is 0 Å². The largest absolute Gasteiger partial charge is 0.388 e. The summed E-state index contributed by atoms with van der Waals surface area (Å²) in [6.45, 7) is 5.94. The number of thioether (sulfide) groups is 2. The van der Waals surface area contributed by atoms with Crippen molar-refractivity contribution in [3.05, 3.63) is 10.3 Å². The van der Waals surface area contributed by atoms with Gasteiger partial charge in [-0.15, -0.1) is 23.5 Å². The lowest BCUT2D eigenvalue weighted by Crippen LogP contribution is -2.33. The Bertz CT molecular complexity index is 253. The molecule has 1 heterocycles. The Morgan fingerprint density at radius 1 is 1.29 bits per heavy atom. The Labute approximate surface area is 112 Å². The van der Waals surface area contributed by atoms with Crippen LogP contribution in [0.25, 0.3) is 0 Å². The van der Waals surface area contributed by atoms with Crippen molar-refractivity contribution in [3.8, 4) is 0 Å². The Balaban J connectivity index is 2.37. The second-order valence-electron chi connectivity index (χ2n) is 5.02. The van der Waals surface area contributed by atoms with Crippen molar-refractivity contribution in [1.29, 1.82) is 0 Å². The normalized spacial score (nSPS) is 21.1. The summed E-state index contributed by atoms with van der Waals surface area (Å²) in [4.78, 5) is 0. The van der Waals surface area contributed by atoms with Crippen LogP contribution < -0.4 is 0 Å². The highest BCUT2D eigenvalue weighted by atomic mass is 32.2. The molecular formula is C12H22O3S2. The first-order chi connectivity index (χ1) is 7.88. The number of aliphatic hydroxyl groups excluding tert-OH is 2. The molecule has 17 heavy (non-hydrogen) atoms. The molecule has 0 aromatic rings. The molecule has 1 saturated heterocycles. The van der Waals surface area contributed by atoms with Crippen molar-refractivity contribution in [3.63, 3.8) is 0 Å². The summed E-state index contributed by atoms with van der Waals surface area (Å²) in [6.07, 6.45) is 1.25. The van der Waals surface area contributed by atoms with Gasteiger partial charge in [0.05, 0.1) is 12.2 Å². The predicted molar refractivity (Wildman–Crippen MR) is 75.3 cm³/mol. The second kappa shape index (κ2) is 7.04. The van der Waals surface area contributed by atoms with Crippen molar-refractivity contribution in [2.45, 2.75) is 45.0 Å². The van der Waals surface area contributed by atoms with Crippen LogP contribution in [0.4, 0.5) is 0 Å². The summed E-state index contributed by atoms with van der Waals surface area (Å²) in [5, 5.41) is 19.6. The molecule has 1 rings (SSSR count). The quantitative estimate of drug-likeness (QED) is 0.826. The minimum atomic E-state index is -0.857. The van der Waals surface area contributed by atoms with Crippen molar-refractivity contribution in [1.82, 2.24) is 0 Å². The smallest absolute Gasteiger partial charge is 0.107 e. The number of rotatable bonds is 4. The maximum absolute atomic E-state index is 9.83. The highest BCUT2D eigenvalue weighted by Gasteiger charge is 2.20. The average Bonchev–Trinajstić information content (AvgIpc) is 2.26. The van der Waals surface area contributed by atoms with Gasteiger partial charge in [0.25, 0.3) is 0 Å². The molecule has 3 nitrogen and oxygen atoms in total. The van der Waals surface area contributed by atoms with E-state index in [4.69, 9.17) is 4.74 Å². The molecule has 0 radical (unpaired) electrons. The number of aliphatic hydroxyl groups is 2. The van der Waals surface area contributed by atoms with Gasteiger partial charge < -0.3 is 14.9 Å². The van der Waals surface area contributed by atoms with E-state index in [1.807, 2.05) is 20.8 Å². The molecular weight excluding hydrogens is 256 g/mol. The van der Waals surface area contributed by atoms with Crippen LogP contribution in [0.5, 0.6) is 0 Å². The van der Waals surface area contributed by atoms with Crippen LogP contribution in [0.1, 0.15) is 27.2 Å². The van der Waals surface area contributed by atoms with Crippen molar-refractivity contribution in [2.24, 2.45) is 0 Å². The van der Waals surface area contributed by atoms with E-state index in [2.05, 4.69) is 0 Å². The minimum Gasteiger partial charge on any atom is -0.388 e. The lowest BCUT2D eigenvalue weighted by molar-refractivity contribution is -0.0747. The van der Waals surface area contributed by atoms with E-state index in [1.165, 1.54) is 6.42 Å². The first-order valence-corrected chi connectivity index (χ1v) is 7.83. The zero-order chi connectivity index (χ0) is 12.9. The monoisotopic (exact) mass is 278 g/mol. The third kappa shape index (κ3) is 6.72. The fourth-order valence-corrected chi connectivity index (χ4v) is 3.69. The second-order valence-corrected chi connectivity index (χ2v) is 7.55. The summed E-state index contributed by atoms with van der Waals surface area (Å²) < 4.78 is 6.56. The summed E-state index contributed by atoms with van der Waals surface area (Å²) in [5.41, 5.74) is -0.290. The summed E-state index contributed by atoms with van der Waals surface area (Å²) in [6, 6.07) is 0. The van der Waals surface area contributed by atoms with Gasteiger partial charge in [0.1, 0.15) is 12.2 Å². The number of hydrogen-bond donors (Lipinski definition) is 2. The Kier molecular flexibility index (Phi) is 6.37. The molecule has 1 fully saturated rings. The van der Waals surface area contributed by atoms with Gasteiger partial charge in [0, 0.05) is 4.24 Å². The molecule has 0 unspecified atom stereocenters. The predicted octanol–water partition coefficient (Wildman–Crippen LogP) is 2.23. The van der Waals surface area contributed by atoms with Gasteiger partial charge in [-0.3, -0.25) is 0 Å². The fourth-order valence-electron chi connectivity index (χ4n) is 1.23. The Hall–Kier alpha value is 0.320. The van der Waals surface area contributed by atoms with E-state index in [9.17, 15) is 10.2 Å². The molecule has 0 amide bonds. The van der Waals surface area contributed by atoms with Crippen LogP contribution in [0.3, 0.4) is 0 Å². The third-order valence-corrected chi connectivity index (χ3v) is 4.70. The van der Waals surface area contributed by atoms with Crippen LogP contribution in [-0.4, -0.2) is 46.1 Å². The lowest BCUT2D eigenvalue weighted by Gasteiger charge is -2.24. The van der Waals surface area contributed by atoms with Gasteiger partial charge >= 0.3 is 0 Å². The molecule has 0 bridgehead atoms. The molecule has 2 atom stereocenters. The van der Waals surface area contributed by atoms with Crippen LogP contribution >= 0.6 is 23.5 Å². The van der Waals surface area contributed by atoms with Gasteiger partial charge in [0.15, 0.2) is 0 Å². The first-order valence-electron chi connectivity index (χ1n) is 5.86. The van der Waals surface area contributed by atoms with Crippen molar-refractivity contribution >= 4 is 23.5 Å². The summed E-state index contributed by atoms with van der Waals surface area (Å²) in [5.74, 6) is 2.19. The van der Waals surface area contributed by atoms with Crippen LogP contribution in [0.15, 0.2) is 10.3 Å². The zero-order valence-electron chi connectivity index (χ0n) is 10.7. The van der Waals surface area contributed by atoms with Gasteiger partial charge in [-0.1, -0.05) is 0 Å². The molecule has 1 aliphatic heterocycles. The van der Waals surface area contributed by atoms with E-state index in [-0.39, 0.29) is 12.2 Å². The fraction of sp³-hybridized carbons (Fsp3) is 0.833. The molecule has 0 aliphatic carbocycles. The molecule has 0 aromatic heterocycles. The lowest BCUT2D eigenvalue weighted by atomic mass is 10.1. The third-order valence-electron chi connectivity index (χ3n) is 2.17. The highest BCUT2D eigenvalue weighted by molar-refractivity contribution is 8.22. The van der Waals surface area contributed by atoms with E-state index in [0.29, 0.717) is 0 Å². The molecule has 1 aliphatic rings. The maximum atomic E-state index is 9.83. The SMILES string of the molecule is CC(C)(C)OC[C@@H](O)[C@H](O)C=C1SCCCS1. The highest BCUT2D eigenvalue weighted by Crippen LogP contribution is 2.34. The summed E-state index contributed by atoms with van der Waals surface area (Å²) in [7, 11) is 0. The Morgan fingerprint density at radius 3 is 2.41 bits per heavy atom. The van der Waals surface area contributed by atoms with Crippen LogP contribution in [0.2, 0.25) is 0 Å². The van der Waals surface area contributed by atoms with E-state index in [0.717, 1.165) is 15.7 Å². The van der Waals surface area contributed by atoms with Gasteiger partial charge in [-0.2, -0.15) is 0 Å². The maximum Gasteiger partial charge on any atom is 0.107 e. The van der Waals surface area contributed by atoms with E-state index < -0.39 is 12.2 Å². The summed E-state index contributed by atoms with van der Waals surface area (Å²) >= 11 is 3.49. The van der Waals surface area contributed by atoms with Crippen molar-refractivity contribution in [2.75, 3.05) is 18.1 Å². The molecule has 5 heteroatoms. The molecule has 2 N–H and O–H groups in total. The molecule has 0 spiro atoms. The first kappa shape index (κ1) is 15.4. The Morgan fingerprint density at radius 2 is 1.88 bits per heavy atom. The number of ether oxygens (including phenoxy) is 1.